The molecule has 0 unspecified atom stereocenters. The maximum absolute atomic E-state index is 12.1. The van der Waals surface area contributed by atoms with E-state index in [1.54, 1.807) is 20.0 Å². The molecule has 0 aliphatic carbocycles. The van der Waals surface area contributed by atoms with Crippen LogP contribution in [0.2, 0.25) is 5.02 Å². The summed E-state index contributed by atoms with van der Waals surface area (Å²) in [6, 6.07) is 4.63. The molecular weight excluding hydrogens is 322 g/mol. The smallest absolute Gasteiger partial charge is 0.344 e. The van der Waals surface area contributed by atoms with Gasteiger partial charge in [-0.3, -0.25) is 9.48 Å². The van der Waals surface area contributed by atoms with E-state index < -0.39 is 18.4 Å². The molecule has 0 bridgehead atoms. The maximum Gasteiger partial charge on any atom is 0.344 e. The number of anilines is 1. The van der Waals surface area contributed by atoms with Gasteiger partial charge in [0.1, 0.15) is 17.1 Å². The van der Waals surface area contributed by atoms with Crippen LogP contribution in [0, 0.1) is 6.92 Å². The minimum atomic E-state index is -0.703. The second kappa shape index (κ2) is 6.70. The summed E-state index contributed by atoms with van der Waals surface area (Å²) in [6.45, 7) is 1.19. The molecule has 0 radical (unpaired) electrons. The van der Waals surface area contributed by atoms with Gasteiger partial charge < -0.3 is 15.2 Å². The van der Waals surface area contributed by atoms with Crippen LogP contribution in [0.25, 0.3) is 0 Å². The number of ketones is 1. The van der Waals surface area contributed by atoms with E-state index >= 15 is 0 Å². The molecule has 1 aromatic heterocycles. The number of carbonyl (C=O) groups is 2. The van der Waals surface area contributed by atoms with Crippen molar-refractivity contribution in [1.29, 1.82) is 0 Å². The highest BCUT2D eigenvalue weighted by molar-refractivity contribution is 6.34. The van der Waals surface area contributed by atoms with Gasteiger partial charge in [0.15, 0.2) is 6.61 Å². The first-order valence-corrected chi connectivity index (χ1v) is 7.06. The summed E-state index contributed by atoms with van der Waals surface area (Å²) in [4.78, 5) is 24.2. The van der Waals surface area contributed by atoms with Crippen molar-refractivity contribution in [2.45, 2.75) is 6.92 Å². The quantitative estimate of drug-likeness (QED) is 0.662. The van der Waals surface area contributed by atoms with Gasteiger partial charge in [-0.15, -0.1) is 0 Å². The Morgan fingerprint density at radius 3 is 2.61 bits per heavy atom. The SMILES string of the molecule is COc1ccc(C(=O)COC(=O)c2c(C)nn(C)c2N)c(Cl)c1. The van der Waals surface area contributed by atoms with Gasteiger partial charge in [0.25, 0.3) is 0 Å². The molecule has 2 N–H and O–H groups in total. The van der Waals surface area contributed by atoms with Crippen LogP contribution >= 0.6 is 11.6 Å². The predicted octanol–water partition coefficient (Wildman–Crippen LogP) is 2.01. The molecule has 0 atom stereocenters. The fourth-order valence-electron chi connectivity index (χ4n) is 2.06. The van der Waals surface area contributed by atoms with Crippen LogP contribution in [0.1, 0.15) is 26.4 Å². The van der Waals surface area contributed by atoms with E-state index in [0.29, 0.717) is 11.4 Å². The van der Waals surface area contributed by atoms with Gasteiger partial charge in [0.05, 0.1) is 17.8 Å². The summed E-state index contributed by atoms with van der Waals surface area (Å²) in [5.41, 5.74) is 6.59. The van der Waals surface area contributed by atoms with Gasteiger partial charge >= 0.3 is 5.97 Å². The lowest BCUT2D eigenvalue weighted by molar-refractivity contribution is 0.0475. The summed E-state index contributed by atoms with van der Waals surface area (Å²) in [5, 5.41) is 4.25. The molecule has 0 saturated carbocycles. The molecule has 1 aromatic carbocycles. The molecule has 0 spiro atoms. The number of nitrogen functional groups attached to an aromatic ring is 1. The fourth-order valence-corrected chi connectivity index (χ4v) is 2.33. The zero-order valence-electron chi connectivity index (χ0n) is 12.9. The summed E-state index contributed by atoms with van der Waals surface area (Å²) < 4.78 is 11.4. The molecular formula is C15H16ClN3O4. The average molecular weight is 338 g/mol. The predicted molar refractivity (Wildman–Crippen MR) is 85.0 cm³/mol. The Hall–Kier alpha value is -2.54. The number of esters is 1. The molecule has 7 nitrogen and oxygen atoms in total. The molecule has 0 aliphatic rings. The highest BCUT2D eigenvalue weighted by atomic mass is 35.5. The van der Waals surface area contributed by atoms with E-state index in [-0.39, 0.29) is 22.0 Å². The Bertz CT molecular complexity index is 770. The Kier molecular flexibility index (Phi) is 4.90. The van der Waals surface area contributed by atoms with Gasteiger partial charge in [-0.25, -0.2) is 4.79 Å². The largest absolute Gasteiger partial charge is 0.497 e. The number of nitrogens with zero attached hydrogens (tertiary/aromatic N) is 2. The average Bonchev–Trinajstić information content (AvgIpc) is 2.77. The monoisotopic (exact) mass is 337 g/mol. The first-order valence-electron chi connectivity index (χ1n) is 6.68. The number of halogens is 1. The Morgan fingerprint density at radius 1 is 1.39 bits per heavy atom. The molecule has 0 saturated heterocycles. The number of hydrogen-bond acceptors (Lipinski definition) is 6. The van der Waals surface area contributed by atoms with Crippen LogP contribution < -0.4 is 10.5 Å². The van der Waals surface area contributed by atoms with Crippen LogP contribution in [-0.4, -0.2) is 35.2 Å². The van der Waals surface area contributed by atoms with Gasteiger partial charge in [-0.05, 0) is 25.1 Å². The third-order valence-electron chi connectivity index (χ3n) is 3.28. The van der Waals surface area contributed by atoms with Crippen molar-refractivity contribution in [2.75, 3.05) is 19.5 Å². The molecule has 23 heavy (non-hydrogen) atoms. The van der Waals surface area contributed by atoms with E-state index in [2.05, 4.69) is 5.10 Å². The van der Waals surface area contributed by atoms with Crippen molar-refractivity contribution >= 4 is 29.2 Å². The number of aryl methyl sites for hydroxylation is 2. The Labute approximate surface area is 137 Å². The number of rotatable bonds is 5. The molecule has 0 fully saturated rings. The van der Waals surface area contributed by atoms with E-state index in [9.17, 15) is 9.59 Å². The second-order valence-electron chi connectivity index (χ2n) is 4.81. The van der Waals surface area contributed by atoms with Gasteiger partial charge in [0.2, 0.25) is 5.78 Å². The number of Topliss-reactive ketones (excluding diaryl/α,β-unsaturated/α-hetero) is 1. The minimum Gasteiger partial charge on any atom is -0.497 e. The Morgan fingerprint density at radius 2 is 2.09 bits per heavy atom. The molecule has 0 amide bonds. The number of methoxy groups -OCH3 is 1. The van der Waals surface area contributed by atoms with E-state index in [0.717, 1.165) is 0 Å². The van der Waals surface area contributed by atoms with Crippen LogP contribution in [0.5, 0.6) is 5.75 Å². The number of carbonyl (C=O) groups excluding carboxylic acids is 2. The zero-order valence-corrected chi connectivity index (χ0v) is 13.7. The standard InChI is InChI=1S/C15H16ClN3O4/c1-8-13(14(17)19(2)18-8)15(21)23-7-12(20)10-5-4-9(22-3)6-11(10)16/h4-6H,7,17H2,1-3H3. The van der Waals surface area contributed by atoms with Crippen LogP contribution in [-0.2, 0) is 11.8 Å². The lowest BCUT2D eigenvalue weighted by atomic mass is 10.1. The van der Waals surface area contributed by atoms with E-state index in [4.69, 9.17) is 26.8 Å². The summed E-state index contributed by atoms with van der Waals surface area (Å²) in [6.07, 6.45) is 0. The first-order chi connectivity index (χ1) is 10.8. The minimum absolute atomic E-state index is 0.154. The van der Waals surface area contributed by atoms with Crippen molar-refractivity contribution in [1.82, 2.24) is 9.78 Å². The number of hydrogen-bond donors (Lipinski definition) is 1. The highest BCUT2D eigenvalue weighted by Gasteiger charge is 2.21. The van der Waals surface area contributed by atoms with Gasteiger partial charge in [-0.1, -0.05) is 11.6 Å². The van der Waals surface area contributed by atoms with Crippen molar-refractivity contribution in [3.8, 4) is 5.75 Å². The third-order valence-corrected chi connectivity index (χ3v) is 3.59. The number of nitrogens with two attached hydrogens (primary N) is 1. The van der Waals surface area contributed by atoms with Crippen molar-refractivity contribution in [3.05, 3.63) is 40.0 Å². The summed E-state index contributed by atoms with van der Waals surface area (Å²) >= 11 is 6.01. The topological polar surface area (TPSA) is 96.4 Å². The summed E-state index contributed by atoms with van der Waals surface area (Å²) in [7, 11) is 3.11. The van der Waals surface area contributed by atoms with Crippen molar-refractivity contribution in [3.63, 3.8) is 0 Å². The van der Waals surface area contributed by atoms with E-state index in [1.165, 1.54) is 23.9 Å². The van der Waals surface area contributed by atoms with Gasteiger partial charge in [0, 0.05) is 12.6 Å². The molecule has 2 aromatic rings. The molecule has 2 rings (SSSR count). The fraction of sp³-hybridized carbons (Fsp3) is 0.267. The van der Waals surface area contributed by atoms with Crippen molar-refractivity contribution < 1.29 is 19.1 Å². The lowest BCUT2D eigenvalue weighted by Gasteiger charge is -2.07. The second-order valence-corrected chi connectivity index (χ2v) is 5.22. The maximum atomic E-state index is 12.1. The van der Waals surface area contributed by atoms with Crippen LogP contribution in [0.4, 0.5) is 5.82 Å². The first kappa shape index (κ1) is 16.8. The summed E-state index contributed by atoms with van der Waals surface area (Å²) in [5.74, 6) is -0.415. The number of aromatic nitrogens is 2. The highest BCUT2D eigenvalue weighted by Crippen LogP contribution is 2.23. The number of benzene rings is 1. The third kappa shape index (κ3) is 3.45. The molecule has 8 heteroatoms. The number of ether oxygens (including phenoxy) is 2. The van der Waals surface area contributed by atoms with Crippen LogP contribution in [0.3, 0.4) is 0 Å². The van der Waals surface area contributed by atoms with Crippen molar-refractivity contribution in [2.24, 2.45) is 7.05 Å². The van der Waals surface area contributed by atoms with Crippen LogP contribution in [0.15, 0.2) is 18.2 Å². The zero-order chi connectivity index (χ0) is 17.1. The lowest BCUT2D eigenvalue weighted by Crippen LogP contribution is -2.16. The molecule has 0 aliphatic heterocycles. The molecule has 122 valence electrons. The Balaban J connectivity index is 2.08. The normalized spacial score (nSPS) is 10.4. The van der Waals surface area contributed by atoms with Gasteiger partial charge in [-0.2, -0.15) is 5.10 Å². The molecule has 1 heterocycles. The van der Waals surface area contributed by atoms with E-state index in [1.807, 2.05) is 0 Å².